The van der Waals surface area contributed by atoms with Crippen molar-refractivity contribution in [2.45, 2.75) is 31.7 Å². The molecule has 0 fully saturated rings. The summed E-state index contributed by atoms with van der Waals surface area (Å²) in [6.45, 7) is 1.78. The molecule has 0 spiro atoms. The minimum atomic E-state index is -0.738. The third-order valence-electron chi connectivity index (χ3n) is 6.85. The Morgan fingerprint density at radius 3 is 2.54 bits per heavy atom. The molecule has 0 bridgehead atoms. The van der Waals surface area contributed by atoms with E-state index in [4.69, 9.17) is 23.2 Å². The van der Waals surface area contributed by atoms with Crippen LogP contribution in [0.1, 0.15) is 39.4 Å². The zero-order valence-electron chi connectivity index (χ0n) is 19.8. The van der Waals surface area contributed by atoms with Gasteiger partial charge in [0.05, 0.1) is 44.2 Å². The van der Waals surface area contributed by atoms with Crippen LogP contribution in [0.5, 0.6) is 0 Å². The minimum absolute atomic E-state index is 0.187. The van der Waals surface area contributed by atoms with E-state index in [0.29, 0.717) is 30.8 Å². The van der Waals surface area contributed by atoms with Crippen LogP contribution in [0.3, 0.4) is 0 Å². The minimum Gasteiger partial charge on any atom is -0.342 e. The second kappa shape index (κ2) is 8.97. The molecule has 0 radical (unpaired) electrons. The molecule has 2 aromatic carbocycles. The molecular formula is C27H21Cl2FN6O. The van der Waals surface area contributed by atoms with Crippen LogP contribution < -0.4 is 5.32 Å². The standard InChI is InChI=1S/C27H21Cl2FN6O/c1-16-31-15-36(33-16)19-11-21(28)25(22(29)12-19)26(37)32-27(17-5-3-2-4-6-17)10-9-23-20(13-27)24-8-7-18(30)14-35(24)34-23/h2-8,11-12,14-15H,9-10,13H2,1H3,(H,32,37). The lowest BCUT2D eigenvalue weighted by Gasteiger charge is -2.38. The van der Waals surface area contributed by atoms with Gasteiger partial charge in [-0.1, -0.05) is 53.5 Å². The Labute approximate surface area is 221 Å². The fraction of sp³-hybridized carbons (Fsp3) is 0.185. The number of aromatic nitrogens is 5. The highest BCUT2D eigenvalue weighted by Crippen LogP contribution is 2.39. The number of pyridine rings is 1. The van der Waals surface area contributed by atoms with Gasteiger partial charge in [0.2, 0.25) is 0 Å². The highest BCUT2D eigenvalue weighted by Gasteiger charge is 2.40. The SMILES string of the molecule is Cc1ncn(-c2cc(Cl)c(C(=O)NC3(c4ccccc4)CCc4nn5cc(F)ccc5c4C3)c(Cl)c2)n1. The Hall–Kier alpha value is -3.75. The second-order valence-corrected chi connectivity index (χ2v) is 10.0. The summed E-state index contributed by atoms with van der Waals surface area (Å²) in [6, 6.07) is 16.2. The predicted octanol–water partition coefficient (Wildman–Crippen LogP) is 5.48. The van der Waals surface area contributed by atoms with Crippen LogP contribution in [0.4, 0.5) is 4.39 Å². The topological polar surface area (TPSA) is 77.1 Å². The summed E-state index contributed by atoms with van der Waals surface area (Å²) in [6.07, 6.45) is 4.63. The van der Waals surface area contributed by atoms with E-state index >= 15 is 0 Å². The first kappa shape index (κ1) is 23.6. The van der Waals surface area contributed by atoms with Crippen molar-refractivity contribution >= 4 is 34.6 Å². The number of rotatable bonds is 4. The molecule has 5 aromatic rings. The Morgan fingerprint density at radius 2 is 1.84 bits per heavy atom. The maximum atomic E-state index is 13.8. The third kappa shape index (κ3) is 4.16. The van der Waals surface area contributed by atoms with E-state index in [2.05, 4.69) is 20.5 Å². The molecule has 7 nitrogen and oxygen atoms in total. The summed E-state index contributed by atoms with van der Waals surface area (Å²) >= 11 is 13.2. The van der Waals surface area contributed by atoms with Gasteiger partial charge in [-0.25, -0.2) is 18.6 Å². The molecular weight excluding hydrogens is 514 g/mol. The number of aryl methyl sites for hydroxylation is 2. The number of hydrogen-bond donors (Lipinski definition) is 1. The molecule has 1 aliphatic carbocycles. The number of halogens is 3. The van der Waals surface area contributed by atoms with Crippen molar-refractivity contribution in [1.29, 1.82) is 0 Å². The first-order valence-corrected chi connectivity index (χ1v) is 12.5. The highest BCUT2D eigenvalue weighted by atomic mass is 35.5. The van der Waals surface area contributed by atoms with Crippen LogP contribution in [0.25, 0.3) is 11.2 Å². The average molecular weight is 535 g/mol. The average Bonchev–Trinajstić information content (AvgIpc) is 3.46. The van der Waals surface area contributed by atoms with Crippen LogP contribution in [0, 0.1) is 12.7 Å². The van der Waals surface area contributed by atoms with E-state index in [1.54, 1.807) is 40.6 Å². The fourth-order valence-corrected chi connectivity index (χ4v) is 5.73. The lowest BCUT2D eigenvalue weighted by molar-refractivity contribution is 0.0886. The van der Waals surface area contributed by atoms with Crippen molar-refractivity contribution in [1.82, 2.24) is 29.7 Å². The maximum absolute atomic E-state index is 13.8. The second-order valence-electron chi connectivity index (χ2n) is 9.20. The highest BCUT2D eigenvalue weighted by molar-refractivity contribution is 6.40. The Bertz CT molecular complexity index is 1640. The maximum Gasteiger partial charge on any atom is 0.255 e. The van der Waals surface area contributed by atoms with E-state index in [-0.39, 0.29) is 27.3 Å². The lowest BCUT2D eigenvalue weighted by atomic mass is 9.75. The molecule has 1 amide bonds. The quantitative estimate of drug-likeness (QED) is 0.331. The van der Waals surface area contributed by atoms with Gasteiger partial charge in [0.25, 0.3) is 5.91 Å². The van der Waals surface area contributed by atoms with Crippen molar-refractivity contribution in [3.05, 3.63) is 111 Å². The molecule has 6 rings (SSSR count). The molecule has 3 aromatic heterocycles. The van der Waals surface area contributed by atoms with Gasteiger partial charge in [0.15, 0.2) is 0 Å². The number of carbonyl (C=O) groups is 1. The molecule has 0 saturated carbocycles. The van der Waals surface area contributed by atoms with Gasteiger partial charge < -0.3 is 5.32 Å². The van der Waals surface area contributed by atoms with Gasteiger partial charge in [-0.2, -0.15) is 10.2 Å². The van der Waals surface area contributed by atoms with Crippen LogP contribution in [0.15, 0.2) is 67.1 Å². The van der Waals surface area contributed by atoms with Gasteiger partial charge in [-0.15, -0.1) is 0 Å². The van der Waals surface area contributed by atoms with Crippen molar-refractivity contribution in [3.8, 4) is 5.69 Å². The first-order valence-electron chi connectivity index (χ1n) is 11.7. The van der Waals surface area contributed by atoms with Crippen LogP contribution in [-0.4, -0.2) is 30.3 Å². The number of fused-ring (bicyclic) bond motifs is 3. The molecule has 3 heterocycles. The van der Waals surface area contributed by atoms with E-state index in [0.717, 1.165) is 22.3 Å². The summed E-state index contributed by atoms with van der Waals surface area (Å²) in [5.74, 6) is -0.138. The van der Waals surface area contributed by atoms with Crippen molar-refractivity contribution in [3.63, 3.8) is 0 Å². The number of amides is 1. The number of carbonyl (C=O) groups excluding carboxylic acids is 1. The van der Waals surface area contributed by atoms with E-state index in [9.17, 15) is 9.18 Å². The number of nitrogens with one attached hydrogen (secondary N) is 1. The van der Waals surface area contributed by atoms with Crippen molar-refractivity contribution in [2.75, 3.05) is 0 Å². The monoisotopic (exact) mass is 534 g/mol. The summed E-state index contributed by atoms with van der Waals surface area (Å²) in [5.41, 5.74) is 3.70. The zero-order valence-corrected chi connectivity index (χ0v) is 21.3. The molecule has 1 unspecified atom stereocenters. The molecule has 1 aliphatic rings. The van der Waals surface area contributed by atoms with Crippen molar-refractivity contribution in [2.24, 2.45) is 0 Å². The Balaban J connectivity index is 1.40. The molecule has 0 aliphatic heterocycles. The number of benzene rings is 2. The lowest BCUT2D eigenvalue weighted by Crippen LogP contribution is -2.49. The van der Waals surface area contributed by atoms with Gasteiger partial charge in [0, 0.05) is 12.0 Å². The predicted molar refractivity (Wildman–Crippen MR) is 139 cm³/mol. The molecule has 10 heteroatoms. The number of hydrogen-bond acceptors (Lipinski definition) is 4. The van der Waals surface area contributed by atoms with Crippen LogP contribution >= 0.6 is 23.2 Å². The number of nitrogens with zero attached hydrogens (tertiary/aromatic N) is 5. The molecule has 37 heavy (non-hydrogen) atoms. The molecule has 0 saturated heterocycles. The Morgan fingerprint density at radius 1 is 1.08 bits per heavy atom. The third-order valence-corrected chi connectivity index (χ3v) is 7.45. The fourth-order valence-electron chi connectivity index (χ4n) is 5.08. The summed E-state index contributed by atoms with van der Waals surface area (Å²) in [5, 5.41) is 12.6. The summed E-state index contributed by atoms with van der Waals surface area (Å²) < 4.78 is 17.0. The largest absolute Gasteiger partial charge is 0.342 e. The van der Waals surface area contributed by atoms with Crippen LogP contribution in [0.2, 0.25) is 10.0 Å². The smallest absolute Gasteiger partial charge is 0.255 e. The van der Waals surface area contributed by atoms with E-state index in [1.165, 1.54) is 12.3 Å². The molecule has 186 valence electrons. The summed E-state index contributed by atoms with van der Waals surface area (Å²) in [7, 11) is 0. The van der Waals surface area contributed by atoms with E-state index < -0.39 is 5.54 Å². The summed E-state index contributed by atoms with van der Waals surface area (Å²) in [4.78, 5) is 17.9. The van der Waals surface area contributed by atoms with Gasteiger partial charge in [0.1, 0.15) is 18.0 Å². The molecule has 1 N–H and O–H groups in total. The van der Waals surface area contributed by atoms with Crippen molar-refractivity contribution < 1.29 is 9.18 Å². The van der Waals surface area contributed by atoms with E-state index in [1.807, 2.05) is 30.3 Å². The molecule has 1 atom stereocenters. The van der Waals surface area contributed by atoms with Gasteiger partial charge >= 0.3 is 0 Å². The van der Waals surface area contributed by atoms with Gasteiger partial charge in [-0.05, 0) is 49.6 Å². The first-order chi connectivity index (χ1) is 17.8. The van der Waals surface area contributed by atoms with Gasteiger partial charge in [-0.3, -0.25) is 4.79 Å². The van der Waals surface area contributed by atoms with Crippen LogP contribution in [-0.2, 0) is 18.4 Å². The zero-order chi connectivity index (χ0) is 25.7. The Kier molecular flexibility index (Phi) is 5.73. The normalized spacial score (nSPS) is 17.1.